The van der Waals surface area contributed by atoms with Crippen molar-refractivity contribution in [3.63, 3.8) is 0 Å². The summed E-state index contributed by atoms with van der Waals surface area (Å²) in [6, 6.07) is 14.9. The number of aromatic amines is 1. The fourth-order valence-corrected chi connectivity index (χ4v) is 4.19. The van der Waals surface area contributed by atoms with E-state index in [1.165, 1.54) is 12.1 Å². The first-order valence-corrected chi connectivity index (χ1v) is 10.5. The van der Waals surface area contributed by atoms with E-state index in [-0.39, 0.29) is 16.7 Å². The molecular weight excluding hydrogens is 408 g/mol. The van der Waals surface area contributed by atoms with Crippen LogP contribution in [0.2, 0.25) is 0 Å². The predicted octanol–water partition coefficient (Wildman–Crippen LogP) is 3.37. The van der Waals surface area contributed by atoms with Crippen molar-refractivity contribution in [3.05, 3.63) is 54.6 Å². The number of rotatable bonds is 6. The molecule has 0 aliphatic carbocycles. The maximum absolute atomic E-state index is 12.8. The summed E-state index contributed by atoms with van der Waals surface area (Å²) < 4.78 is 38.7. The number of sulfonamides is 1. The first kappa shape index (κ1) is 19.5. The maximum Gasteiger partial charge on any atom is 0.411 e. The number of H-pyrrole nitrogens is 1. The van der Waals surface area contributed by atoms with Crippen LogP contribution in [-0.2, 0) is 10.0 Å². The van der Waals surface area contributed by atoms with Gasteiger partial charge in [-0.2, -0.15) is 4.98 Å². The number of anilines is 1. The normalized spacial score (nSPS) is 11.5. The van der Waals surface area contributed by atoms with Gasteiger partial charge < -0.3 is 20.2 Å². The van der Waals surface area contributed by atoms with Gasteiger partial charge in [-0.25, -0.2) is 13.2 Å². The van der Waals surface area contributed by atoms with Crippen molar-refractivity contribution < 1.29 is 22.7 Å². The Labute approximate surface area is 171 Å². The molecule has 10 heteroatoms. The van der Waals surface area contributed by atoms with Gasteiger partial charge in [-0.05, 0) is 37.3 Å². The highest BCUT2D eigenvalue weighted by molar-refractivity contribution is 7.92. The minimum atomic E-state index is -3.82. The van der Waals surface area contributed by atoms with E-state index in [1.54, 1.807) is 49.4 Å². The van der Waals surface area contributed by atoms with Crippen LogP contribution in [0.1, 0.15) is 6.92 Å². The molecule has 9 nitrogen and oxygen atoms in total. The Kier molecular flexibility index (Phi) is 4.92. The van der Waals surface area contributed by atoms with Crippen molar-refractivity contribution in [1.82, 2.24) is 9.97 Å². The van der Waals surface area contributed by atoms with Crippen LogP contribution in [0, 0.1) is 0 Å². The molecule has 0 unspecified atom stereocenters. The van der Waals surface area contributed by atoms with Crippen molar-refractivity contribution >= 4 is 43.6 Å². The fraction of sp³-hybridized carbons (Fsp3) is 0.100. The minimum Gasteiger partial charge on any atom is -0.478 e. The summed E-state index contributed by atoms with van der Waals surface area (Å²) in [6.07, 6.45) is -1.02. The molecule has 0 bridgehead atoms. The van der Waals surface area contributed by atoms with Crippen LogP contribution in [0.5, 0.6) is 11.8 Å². The Morgan fingerprint density at radius 1 is 1.13 bits per heavy atom. The molecule has 4 N–H and O–H groups in total. The van der Waals surface area contributed by atoms with Crippen LogP contribution in [0.4, 0.5) is 10.5 Å². The van der Waals surface area contributed by atoms with Gasteiger partial charge in [-0.3, -0.25) is 4.72 Å². The van der Waals surface area contributed by atoms with E-state index in [0.717, 1.165) is 0 Å². The summed E-state index contributed by atoms with van der Waals surface area (Å²) in [5.74, 6) is 0.171. The molecule has 4 rings (SSSR count). The van der Waals surface area contributed by atoms with Gasteiger partial charge in [0, 0.05) is 28.0 Å². The first-order valence-electron chi connectivity index (χ1n) is 9.02. The smallest absolute Gasteiger partial charge is 0.411 e. The number of primary amides is 1. The molecule has 0 atom stereocenters. The summed E-state index contributed by atoms with van der Waals surface area (Å²) >= 11 is 0. The number of hydrogen-bond acceptors (Lipinski definition) is 6. The van der Waals surface area contributed by atoms with E-state index >= 15 is 0 Å². The average Bonchev–Trinajstić information content (AvgIpc) is 3.07. The second-order valence-electron chi connectivity index (χ2n) is 6.35. The molecule has 1 amide bonds. The summed E-state index contributed by atoms with van der Waals surface area (Å²) in [5.41, 5.74) is 6.63. The SMILES string of the molecule is CCOc1cc2c([nH]c3ccc(S(=O)(=O)Nc4ccccc4)cc32)c(OC(N)=O)n1. The van der Waals surface area contributed by atoms with E-state index in [2.05, 4.69) is 14.7 Å². The summed E-state index contributed by atoms with van der Waals surface area (Å²) in [4.78, 5) is 18.6. The number of para-hydroxylation sites is 1. The number of carbonyl (C=O) groups is 1. The Morgan fingerprint density at radius 2 is 1.90 bits per heavy atom. The van der Waals surface area contributed by atoms with E-state index in [9.17, 15) is 13.2 Å². The second-order valence-corrected chi connectivity index (χ2v) is 8.03. The largest absolute Gasteiger partial charge is 0.478 e. The number of amides is 1. The average molecular weight is 426 g/mol. The number of benzene rings is 2. The maximum atomic E-state index is 12.8. The Hall–Kier alpha value is -3.79. The lowest BCUT2D eigenvalue weighted by molar-refractivity contribution is 0.209. The quantitative estimate of drug-likeness (QED) is 0.432. The number of nitrogens with zero attached hydrogens (tertiary/aromatic N) is 1. The summed E-state index contributed by atoms with van der Waals surface area (Å²) in [7, 11) is -3.82. The topological polar surface area (TPSA) is 136 Å². The highest BCUT2D eigenvalue weighted by atomic mass is 32.2. The lowest BCUT2D eigenvalue weighted by Crippen LogP contribution is -2.17. The number of fused-ring (bicyclic) bond motifs is 3. The summed E-state index contributed by atoms with van der Waals surface area (Å²) in [6.45, 7) is 2.13. The van der Waals surface area contributed by atoms with Gasteiger partial charge in [0.1, 0.15) is 5.52 Å². The van der Waals surface area contributed by atoms with Crippen LogP contribution in [0.3, 0.4) is 0 Å². The van der Waals surface area contributed by atoms with E-state index in [1.807, 2.05) is 0 Å². The minimum absolute atomic E-state index is 0.0496. The Balaban J connectivity index is 1.86. The number of aromatic nitrogens is 2. The zero-order valence-corrected chi connectivity index (χ0v) is 16.7. The molecule has 0 saturated carbocycles. The zero-order chi connectivity index (χ0) is 21.3. The number of hydrogen-bond donors (Lipinski definition) is 3. The standard InChI is InChI=1S/C20H18N4O5S/c1-2-28-17-11-15-14-10-13(30(26,27)24-12-6-4-3-5-7-12)8-9-16(14)22-18(15)19(23-17)29-20(21)25/h3-11,22,24H,2H2,1H3,(H2,21,25). The molecule has 0 spiro atoms. The number of nitrogens with two attached hydrogens (primary N) is 1. The van der Waals surface area contributed by atoms with Gasteiger partial charge in [0.15, 0.2) is 0 Å². The molecule has 0 aliphatic rings. The van der Waals surface area contributed by atoms with Gasteiger partial charge >= 0.3 is 6.09 Å². The van der Waals surface area contributed by atoms with E-state index < -0.39 is 16.1 Å². The van der Waals surface area contributed by atoms with Crippen LogP contribution >= 0.6 is 0 Å². The van der Waals surface area contributed by atoms with Gasteiger partial charge in [-0.15, -0.1) is 0 Å². The zero-order valence-electron chi connectivity index (χ0n) is 15.9. The van der Waals surface area contributed by atoms with Crippen LogP contribution < -0.4 is 19.9 Å². The third-order valence-electron chi connectivity index (χ3n) is 4.33. The number of carbonyl (C=O) groups excluding carboxylic acids is 1. The Bertz CT molecular complexity index is 1350. The monoisotopic (exact) mass is 426 g/mol. The van der Waals surface area contributed by atoms with Gasteiger partial charge in [-0.1, -0.05) is 18.2 Å². The molecule has 154 valence electrons. The number of ether oxygens (including phenoxy) is 2. The highest BCUT2D eigenvalue weighted by Crippen LogP contribution is 2.34. The number of nitrogens with one attached hydrogen (secondary N) is 2. The van der Waals surface area contributed by atoms with Crippen LogP contribution in [0.15, 0.2) is 59.5 Å². The van der Waals surface area contributed by atoms with E-state index in [4.69, 9.17) is 15.2 Å². The molecule has 2 aromatic carbocycles. The molecule has 0 radical (unpaired) electrons. The molecule has 4 aromatic rings. The number of pyridine rings is 1. The molecule has 2 aromatic heterocycles. The molecule has 0 aliphatic heterocycles. The molecule has 0 saturated heterocycles. The third kappa shape index (κ3) is 3.72. The third-order valence-corrected chi connectivity index (χ3v) is 5.71. The van der Waals surface area contributed by atoms with Crippen molar-refractivity contribution in [2.24, 2.45) is 5.73 Å². The lowest BCUT2D eigenvalue weighted by atomic mass is 10.2. The summed E-state index contributed by atoms with van der Waals surface area (Å²) in [5, 5.41) is 1.18. The molecule has 30 heavy (non-hydrogen) atoms. The highest BCUT2D eigenvalue weighted by Gasteiger charge is 2.19. The Morgan fingerprint density at radius 3 is 2.60 bits per heavy atom. The fourth-order valence-electron chi connectivity index (χ4n) is 3.10. The van der Waals surface area contributed by atoms with Gasteiger partial charge in [0.05, 0.1) is 11.5 Å². The second kappa shape index (κ2) is 7.56. The van der Waals surface area contributed by atoms with Crippen molar-refractivity contribution in [1.29, 1.82) is 0 Å². The van der Waals surface area contributed by atoms with Crippen molar-refractivity contribution in [2.75, 3.05) is 11.3 Å². The predicted molar refractivity (Wildman–Crippen MR) is 112 cm³/mol. The lowest BCUT2D eigenvalue weighted by Gasteiger charge is -2.08. The van der Waals surface area contributed by atoms with Crippen molar-refractivity contribution in [3.8, 4) is 11.8 Å². The van der Waals surface area contributed by atoms with Crippen LogP contribution in [0.25, 0.3) is 21.8 Å². The van der Waals surface area contributed by atoms with E-state index in [0.29, 0.717) is 34.1 Å². The van der Waals surface area contributed by atoms with Gasteiger partial charge in [0.2, 0.25) is 5.88 Å². The molecule has 0 fully saturated rings. The molecular formula is C20H18N4O5S. The van der Waals surface area contributed by atoms with Crippen LogP contribution in [-0.4, -0.2) is 31.1 Å². The van der Waals surface area contributed by atoms with Crippen molar-refractivity contribution in [2.45, 2.75) is 11.8 Å². The first-order chi connectivity index (χ1) is 14.4. The molecule has 2 heterocycles. The van der Waals surface area contributed by atoms with Gasteiger partial charge in [0.25, 0.3) is 15.9 Å².